The molecule has 18 heavy (non-hydrogen) atoms. The summed E-state index contributed by atoms with van der Waals surface area (Å²) in [6.07, 6.45) is 0. The van der Waals surface area contributed by atoms with Gasteiger partial charge in [0.15, 0.2) is 0 Å². The molecular formula is C13H11BrN4. The summed E-state index contributed by atoms with van der Waals surface area (Å²) in [6.45, 7) is 1.84. The molecule has 0 fully saturated rings. The molecule has 0 radical (unpaired) electrons. The van der Waals surface area contributed by atoms with Crippen molar-refractivity contribution in [1.82, 2.24) is 9.97 Å². The van der Waals surface area contributed by atoms with E-state index in [4.69, 9.17) is 5.26 Å². The van der Waals surface area contributed by atoms with Crippen molar-refractivity contribution in [3.05, 3.63) is 46.3 Å². The number of aryl methyl sites for hydroxylation is 1. The monoisotopic (exact) mass is 302 g/mol. The molecule has 2 aromatic rings. The zero-order valence-corrected chi connectivity index (χ0v) is 11.6. The van der Waals surface area contributed by atoms with E-state index in [9.17, 15) is 0 Å². The second kappa shape index (κ2) is 5.15. The van der Waals surface area contributed by atoms with E-state index in [1.807, 2.05) is 43.1 Å². The second-order valence-corrected chi connectivity index (χ2v) is 4.63. The molecule has 4 nitrogen and oxygen atoms in total. The van der Waals surface area contributed by atoms with E-state index in [1.165, 1.54) is 0 Å². The number of nitriles is 1. The lowest BCUT2D eigenvalue weighted by atomic mass is 10.2. The highest BCUT2D eigenvalue weighted by Gasteiger charge is 2.08. The summed E-state index contributed by atoms with van der Waals surface area (Å²) in [4.78, 5) is 10.5. The van der Waals surface area contributed by atoms with E-state index >= 15 is 0 Å². The normalized spacial score (nSPS) is 9.89. The van der Waals surface area contributed by atoms with Crippen molar-refractivity contribution in [2.75, 3.05) is 11.9 Å². The van der Waals surface area contributed by atoms with E-state index in [1.54, 1.807) is 6.07 Å². The van der Waals surface area contributed by atoms with Gasteiger partial charge >= 0.3 is 0 Å². The first-order chi connectivity index (χ1) is 8.60. The zero-order chi connectivity index (χ0) is 13.1. The molecule has 0 unspecified atom stereocenters. The first-order valence-electron chi connectivity index (χ1n) is 5.35. The zero-order valence-electron chi connectivity index (χ0n) is 10.1. The Morgan fingerprint density at radius 3 is 2.72 bits per heavy atom. The van der Waals surface area contributed by atoms with Crippen molar-refractivity contribution in [3.8, 4) is 6.07 Å². The SMILES string of the molecule is Cc1nc(Br)cc(N(C)c2cccc(C#N)c2)n1. The van der Waals surface area contributed by atoms with Gasteiger partial charge in [-0.15, -0.1) is 0 Å². The molecule has 0 aliphatic heterocycles. The quantitative estimate of drug-likeness (QED) is 0.800. The summed E-state index contributed by atoms with van der Waals surface area (Å²) in [5.74, 6) is 1.48. The summed E-state index contributed by atoms with van der Waals surface area (Å²) in [7, 11) is 1.91. The Hall–Kier alpha value is -1.93. The number of benzene rings is 1. The van der Waals surface area contributed by atoms with E-state index in [-0.39, 0.29) is 0 Å². The van der Waals surface area contributed by atoms with Crippen LogP contribution in [0.1, 0.15) is 11.4 Å². The summed E-state index contributed by atoms with van der Waals surface area (Å²) < 4.78 is 0.744. The smallest absolute Gasteiger partial charge is 0.137 e. The molecule has 0 amide bonds. The van der Waals surface area contributed by atoms with Gasteiger partial charge in [0.05, 0.1) is 11.6 Å². The Kier molecular flexibility index (Phi) is 3.58. The molecule has 1 aromatic carbocycles. The average Bonchev–Trinajstić information content (AvgIpc) is 2.37. The maximum absolute atomic E-state index is 8.90. The number of anilines is 2. The first-order valence-corrected chi connectivity index (χ1v) is 6.14. The number of aromatic nitrogens is 2. The predicted molar refractivity (Wildman–Crippen MR) is 73.7 cm³/mol. The van der Waals surface area contributed by atoms with Crippen molar-refractivity contribution in [1.29, 1.82) is 5.26 Å². The van der Waals surface area contributed by atoms with Gasteiger partial charge in [0.1, 0.15) is 16.2 Å². The molecule has 0 saturated carbocycles. The van der Waals surface area contributed by atoms with Crippen LogP contribution >= 0.6 is 15.9 Å². The fourth-order valence-corrected chi connectivity index (χ4v) is 2.07. The van der Waals surface area contributed by atoms with E-state index in [2.05, 4.69) is 32.0 Å². The standard InChI is InChI=1S/C13H11BrN4/c1-9-16-12(14)7-13(17-9)18(2)11-5-3-4-10(6-11)8-15/h3-7H,1-2H3. The van der Waals surface area contributed by atoms with Crippen molar-refractivity contribution in [3.63, 3.8) is 0 Å². The first kappa shape index (κ1) is 12.5. The number of rotatable bonds is 2. The van der Waals surface area contributed by atoms with Crippen molar-refractivity contribution >= 4 is 27.4 Å². The Labute approximate surface area is 114 Å². The van der Waals surface area contributed by atoms with Crippen LogP contribution in [0.5, 0.6) is 0 Å². The largest absolute Gasteiger partial charge is 0.329 e. The minimum Gasteiger partial charge on any atom is -0.329 e. The molecule has 0 spiro atoms. The predicted octanol–water partition coefficient (Wildman–Crippen LogP) is 3.19. The lowest BCUT2D eigenvalue weighted by Gasteiger charge is -2.18. The molecule has 0 aliphatic rings. The molecule has 90 valence electrons. The van der Waals surface area contributed by atoms with Crippen LogP contribution in [0, 0.1) is 18.3 Å². The van der Waals surface area contributed by atoms with Crippen LogP contribution in [0.25, 0.3) is 0 Å². The summed E-state index contributed by atoms with van der Waals surface area (Å²) in [5, 5.41) is 8.90. The third-order valence-corrected chi connectivity index (χ3v) is 2.91. The van der Waals surface area contributed by atoms with Gasteiger partial charge in [-0.2, -0.15) is 5.26 Å². The average molecular weight is 303 g/mol. The molecular weight excluding hydrogens is 292 g/mol. The molecule has 5 heteroatoms. The van der Waals surface area contributed by atoms with Gasteiger partial charge in [0, 0.05) is 18.8 Å². The lowest BCUT2D eigenvalue weighted by molar-refractivity contribution is 0.997. The van der Waals surface area contributed by atoms with Crippen LogP contribution in [0.3, 0.4) is 0 Å². The molecule has 1 aromatic heterocycles. The summed E-state index contributed by atoms with van der Waals surface area (Å²) >= 11 is 3.35. The highest BCUT2D eigenvalue weighted by molar-refractivity contribution is 9.10. The topological polar surface area (TPSA) is 52.8 Å². The highest BCUT2D eigenvalue weighted by atomic mass is 79.9. The molecule has 2 rings (SSSR count). The highest BCUT2D eigenvalue weighted by Crippen LogP contribution is 2.24. The van der Waals surface area contributed by atoms with Crippen molar-refractivity contribution in [2.45, 2.75) is 6.92 Å². The molecule has 1 heterocycles. The molecule has 0 saturated heterocycles. The fourth-order valence-electron chi connectivity index (χ4n) is 1.60. The van der Waals surface area contributed by atoms with Crippen LogP contribution in [-0.2, 0) is 0 Å². The molecule has 0 atom stereocenters. The van der Waals surface area contributed by atoms with Gasteiger partial charge in [-0.25, -0.2) is 9.97 Å². The summed E-state index contributed by atoms with van der Waals surface area (Å²) in [5.41, 5.74) is 1.54. The van der Waals surface area contributed by atoms with Crippen LogP contribution in [-0.4, -0.2) is 17.0 Å². The van der Waals surface area contributed by atoms with Crippen LogP contribution in [0.2, 0.25) is 0 Å². The van der Waals surface area contributed by atoms with Crippen LogP contribution in [0.15, 0.2) is 34.9 Å². The molecule has 0 bridgehead atoms. The molecule has 0 N–H and O–H groups in total. The van der Waals surface area contributed by atoms with Crippen LogP contribution in [0.4, 0.5) is 11.5 Å². The van der Waals surface area contributed by atoms with Gasteiger partial charge in [-0.3, -0.25) is 0 Å². The Balaban J connectivity index is 2.41. The van der Waals surface area contributed by atoms with Gasteiger partial charge < -0.3 is 4.90 Å². The van der Waals surface area contributed by atoms with Gasteiger partial charge in [-0.05, 0) is 41.1 Å². The van der Waals surface area contributed by atoms with E-state index in [0.717, 1.165) is 16.1 Å². The maximum atomic E-state index is 8.90. The van der Waals surface area contributed by atoms with Gasteiger partial charge in [-0.1, -0.05) is 6.07 Å². The number of halogens is 1. The number of nitrogens with zero attached hydrogens (tertiary/aromatic N) is 4. The van der Waals surface area contributed by atoms with Crippen LogP contribution < -0.4 is 4.90 Å². The number of hydrogen-bond acceptors (Lipinski definition) is 4. The Bertz CT molecular complexity index is 598. The fraction of sp³-hybridized carbons (Fsp3) is 0.154. The maximum Gasteiger partial charge on any atom is 0.137 e. The minimum atomic E-state index is 0.629. The summed E-state index contributed by atoms with van der Waals surface area (Å²) in [6, 6.07) is 11.4. The lowest BCUT2D eigenvalue weighted by Crippen LogP contribution is -2.12. The van der Waals surface area contributed by atoms with Gasteiger partial charge in [0.25, 0.3) is 0 Å². The van der Waals surface area contributed by atoms with E-state index < -0.39 is 0 Å². The Morgan fingerprint density at radius 2 is 2.06 bits per heavy atom. The van der Waals surface area contributed by atoms with E-state index in [0.29, 0.717) is 11.4 Å². The Morgan fingerprint density at radius 1 is 1.28 bits per heavy atom. The van der Waals surface area contributed by atoms with Gasteiger partial charge in [0.2, 0.25) is 0 Å². The third kappa shape index (κ3) is 2.66. The minimum absolute atomic E-state index is 0.629. The van der Waals surface area contributed by atoms with Crippen molar-refractivity contribution < 1.29 is 0 Å². The molecule has 0 aliphatic carbocycles. The third-order valence-electron chi connectivity index (χ3n) is 2.50. The van der Waals surface area contributed by atoms with Crippen molar-refractivity contribution in [2.24, 2.45) is 0 Å². The second-order valence-electron chi connectivity index (χ2n) is 3.82. The number of hydrogen-bond donors (Lipinski definition) is 0.